The number of carbonyl (C=O) groups is 1. The fourth-order valence-electron chi connectivity index (χ4n) is 1.49. The Morgan fingerprint density at radius 2 is 2.33 bits per heavy atom. The minimum absolute atomic E-state index is 0.0504. The summed E-state index contributed by atoms with van der Waals surface area (Å²) >= 11 is 3.10. The Hall–Kier alpha value is -1.21. The normalized spacial score (nSPS) is 12.2. The van der Waals surface area contributed by atoms with Crippen LogP contribution in [0.5, 0.6) is 0 Å². The fraction of sp³-hybridized carbons (Fsp3) is 0.545. The van der Waals surface area contributed by atoms with Gasteiger partial charge in [-0.25, -0.2) is 4.98 Å². The second kappa shape index (κ2) is 6.65. The van der Waals surface area contributed by atoms with Crippen molar-refractivity contribution in [2.45, 2.75) is 26.4 Å². The lowest BCUT2D eigenvalue weighted by molar-refractivity contribution is -0.122. The van der Waals surface area contributed by atoms with Gasteiger partial charge in [-0.3, -0.25) is 14.2 Å². The van der Waals surface area contributed by atoms with Crippen LogP contribution in [0.1, 0.15) is 12.7 Å². The van der Waals surface area contributed by atoms with E-state index >= 15 is 0 Å². The molecule has 7 heteroatoms. The number of methoxy groups -OCH3 is 1. The Bertz CT molecular complexity index is 487. The number of hydrogen-bond acceptors (Lipinski definition) is 4. The lowest BCUT2D eigenvalue weighted by atomic mass is 10.3. The molecule has 0 aliphatic carbocycles. The van der Waals surface area contributed by atoms with Gasteiger partial charge in [0.15, 0.2) is 0 Å². The third-order valence-corrected chi connectivity index (χ3v) is 2.87. The molecule has 6 nitrogen and oxygen atoms in total. The van der Waals surface area contributed by atoms with Crippen molar-refractivity contribution >= 4 is 21.8 Å². The van der Waals surface area contributed by atoms with E-state index in [1.165, 1.54) is 10.8 Å². The molecule has 1 atom stereocenters. The smallest absolute Gasteiger partial charge is 0.268 e. The van der Waals surface area contributed by atoms with Crippen molar-refractivity contribution in [1.82, 2.24) is 14.9 Å². The summed E-state index contributed by atoms with van der Waals surface area (Å²) in [4.78, 5) is 27.6. The number of aryl methyl sites for hydroxylation is 1. The predicted molar refractivity (Wildman–Crippen MR) is 70.4 cm³/mol. The number of ether oxygens (including phenoxy) is 1. The number of carbonyl (C=O) groups excluding carboxylic acids is 1. The van der Waals surface area contributed by atoms with Crippen molar-refractivity contribution in [2.75, 3.05) is 13.7 Å². The van der Waals surface area contributed by atoms with E-state index in [0.717, 1.165) is 0 Å². The SMILES string of the molecule is COCC(C)NC(=O)Cn1c(C)ncc(Br)c1=O. The monoisotopic (exact) mass is 317 g/mol. The van der Waals surface area contributed by atoms with Crippen molar-refractivity contribution in [1.29, 1.82) is 0 Å². The van der Waals surface area contributed by atoms with Crippen molar-refractivity contribution in [3.8, 4) is 0 Å². The van der Waals surface area contributed by atoms with Crippen molar-refractivity contribution in [3.05, 3.63) is 26.8 Å². The van der Waals surface area contributed by atoms with Gasteiger partial charge in [-0.05, 0) is 29.8 Å². The number of nitrogens with one attached hydrogen (secondary N) is 1. The zero-order chi connectivity index (χ0) is 13.7. The number of nitrogens with zero attached hydrogens (tertiary/aromatic N) is 2. The molecule has 1 amide bonds. The molecule has 0 radical (unpaired) electrons. The van der Waals surface area contributed by atoms with E-state index in [9.17, 15) is 9.59 Å². The molecule has 1 unspecified atom stereocenters. The van der Waals surface area contributed by atoms with E-state index in [-0.39, 0.29) is 24.1 Å². The van der Waals surface area contributed by atoms with E-state index in [0.29, 0.717) is 16.9 Å². The molecule has 1 aromatic heterocycles. The van der Waals surface area contributed by atoms with Gasteiger partial charge in [0.05, 0.1) is 6.61 Å². The molecule has 0 bridgehead atoms. The van der Waals surface area contributed by atoms with Gasteiger partial charge in [-0.2, -0.15) is 0 Å². The maximum absolute atomic E-state index is 11.8. The topological polar surface area (TPSA) is 73.2 Å². The Morgan fingerprint density at radius 3 is 2.94 bits per heavy atom. The molecule has 100 valence electrons. The highest BCUT2D eigenvalue weighted by molar-refractivity contribution is 9.10. The van der Waals surface area contributed by atoms with Gasteiger partial charge in [-0.1, -0.05) is 0 Å². The third-order valence-electron chi connectivity index (χ3n) is 2.33. The minimum Gasteiger partial charge on any atom is -0.383 e. The van der Waals surface area contributed by atoms with Crippen LogP contribution in [0.25, 0.3) is 0 Å². The number of aromatic nitrogens is 2. The Morgan fingerprint density at radius 1 is 1.67 bits per heavy atom. The lowest BCUT2D eigenvalue weighted by Crippen LogP contribution is -2.40. The molecule has 0 spiro atoms. The van der Waals surface area contributed by atoms with Gasteiger partial charge in [0.1, 0.15) is 16.8 Å². The van der Waals surface area contributed by atoms with Crippen LogP contribution in [0.2, 0.25) is 0 Å². The highest BCUT2D eigenvalue weighted by atomic mass is 79.9. The summed E-state index contributed by atoms with van der Waals surface area (Å²) in [6, 6.07) is -0.0985. The molecule has 1 aromatic rings. The first-order valence-electron chi connectivity index (χ1n) is 5.46. The average molecular weight is 318 g/mol. The Labute approximate surface area is 113 Å². The van der Waals surface area contributed by atoms with Gasteiger partial charge in [0.2, 0.25) is 5.91 Å². The summed E-state index contributed by atoms with van der Waals surface area (Å²) < 4.78 is 6.58. The van der Waals surface area contributed by atoms with Crippen LogP contribution in [-0.4, -0.2) is 35.2 Å². The van der Waals surface area contributed by atoms with Crippen LogP contribution in [-0.2, 0) is 16.1 Å². The lowest BCUT2D eigenvalue weighted by Gasteiger charge is -2.14. The minimum atomic E-state index is -0.267. The second-order valence-electron chi connectivity index (χ2n) is 3.97. The molecular weight excluding hydrogens is 302 g/mol. The molecular formula is C11H16BrN3O3. The van der Waals surface area contributed by atoms with Gasteiger partial charge in [0.25, 0.3) is 5.56 Å². The molecule has 0 fully saturated rings. The van der Waals surface area contributed by atoms with E-state index in [2.05, 4.69) is 26.2 Å². The maximum atomic E-state index is 11.8. The number of rotatable bonds is 5. The van der Waals surface area contributed by atoms with Gasteiger partial charge < -0.3 is 10.1 Å². The van der Waals surface area contributed by atoms with E-state index < -0.39 is 0 Å². The maximum Gasteiger partial charge on any atom is 0.268 e. The first-order chi connectivity index (χ1) is 8.45. The molecule has 1 rings (SSSR count). The molecule has 1 N–H and O–H groups in total. The summed E-state index contributed by atoms with van der Waals surface area (Å²) in [5.74, 6) is 0.252. The van der Waals surface area contributed by atoms with Crippen LogP contribution in [0.3, 0.4) is 0 Å². The van der Waals surface area contributed by atoms with Crippen LogP contribution in [0.4, 0.5) is 0 Å². The average Bonchev–Trinajstić information content (AvgIpc) is 2.30. The molecule has 1 heterocycles. The zero-order valence-corrected chi connectivity index (χ0v) is 12.2. The molecule has 0 aromatic carbocycles. The second-order valence-corrected chi connectivity index (χ2v) is 4.82. The van der Waals surface area contributed by atoms with E-state index in [1.807, 2.05) is 6.92 Å². The van der Waals surface area contributed by atoms with Gasteiger partial charge in [0, 0.05) is 19.3 Å². The van der Waals surface area contributed by atoms with Crippen molar-refractivity contribution in [2.24, 2.45) is 0 Å². The van der Waals surface area contributed by atoms with Crippen LogP contribution < -0.4 is 10.9 Å². The standard InChI is InChI=1S/C11H16BrN3O3/c1-7(6-18-3)14-10(16)5-15-8(2)13-4-9(12)11(15)17/h4,7H,5-6H2,1-3H3,(H,14,16). The summed E-state index contributed by atoms with van der Waals surface area (Å²) in [6.45, 7) is 3.89. The molecule has 18 heavy (non-hydrogen) atoms. The quantitative estimate of drug-likeness (QED) is 0.856. The van der Waals surface area contributed by atoms with E-state index in [1.54, 1.807) is 14.0 Å². The molecule has 0 saturated heterocycles. The highest BCUT2D eigenvalue weighted by Crippen LogP contribution is 2.01. The highest BCUT2D eigenvalue weighted by Gasteiger charge is 2.11. The van der Waals surface area contributed by atoms with Crippen LogP contribution >= 0.6 is 15.9 Å². The first-order valence-corrected chi connectivity index (χ1v) is 6.25. The van der Waals surface area contributed by atoms with Gasteiger partial charge in [-0.15, -0.1) is 0 Å². The van der Waals surface area contributed by atoms with Crippen molar-refractivity contribution in [3.63, 3.8) is 0 Å². The summed E-state index contributed by atoms with van der Waals surface area (Å²) in [5.41, 5.74) is -0.267. The van der Waals surface area contributed by atoms with E-state index in [4.69, 9.17) is 4.74 Å². The first kappa shape index (κ1) is 14.8. The largest absolute Gasteiger partial charge is 0.383 e. The Balaban J connectivity index is 2.76. The fourth-order valence-corrected chi connectivity index (χ4v) is 1.81. The summed E-state index contributed by atoms with van der Waals surface area (Å²) in [5, 5.41) is 2.74. The molecule has 0 aliphatic rings. The van der Waals surface area contributed by atoms with Gasteiger partial charge >= 0.3 is 0 Å². The predicted octanol–water partition coefficient (Wildman–Crippen LogP) is 0.465. The number of hydrogen-bond donors (Lipinski definition) is 1. The Kier molecular flexibility index (Phi) is 5.49. The molecule has 0 aliphatic heterocycles. The number of amides is 1. The van der Waals surface area contributed by atoms with Crippen LogP contribution in [0.15, 0.2) is 15.5 Å². The summed E-state index contributed by atoms with van der Waals surface area (Å²) in [7, 11) is 1.57. The third kappa shape index (κ3) is 3.92. The van der Waals surface area contributed by atoms with Crippen molar-refractivity contribution < 1.29 is 9.53 Å². The summed E-state index contributed by atoms with van der Waals surface area (Å²) in [6.07, 6.45) is 1.43. The molecule has 0 saturated carbocycles. The number of halogens is 1. The zero-order valence-electron chi connectivity index (χ0n) is 10.6. The van der Waals surface area contributed by atoms with Crippen LogP contribution in [0, 0.1) is 6.92 Å².